The van der Waals surface area contributed by atoms with Crippen molar-refractivity contribution in [1.29, 1.82) is 0 Å². The zero-order chi connectivity index (χ0) is 22.8. The van der Waals surface area contributed by atoms with Gasteiger partial charge in [0, 0.05) is 24.7 Å². The van der Waals surface area contributed by atoms with E-state index in [0.29, 0.717) is 34.9 Å². The third-order valence-electron chi connectivity index (χ3n) is 12.8. The molecule has 7 atom stereocenters. The van der Waals surface area contributed by atoms with E-state index in [0.717, 1.165) is 49.9 Å². The van der Waals surface area contributed by atoms with Gasteiger partial charge in [-0.25, -0.2) is 0 Å². The summed E-state index contributed by atoms with van der Waals surface area (Å²) in [5.74, 6) is 4.45. The van der Waals surface area contributed by atoms with E-state index in [2.05, 4.69) is 13.8 Å². The molecule has 0 aromatic carbocycles. The van der Waals surface area contributed by atoms with Gasteiger partial charge >= 0.3 is 5.97 Å². The molecule has 184 valence electrons. The van der Waals surface area contributed by atoms with Crippen LogP contribution in [-0.4, -0.2) is 17.9 Å². The van der Waals surface area contributed by atoms with Crippen molar-refractivity contribution >= 4 is 11.8 Å². The Kier molecular flexibility index (Phi) is 5.54. The van der Waals surface area contributed by atoms with Crippen LogP contribution in [0.3, 0.4) is 0 Å². The molecule has 0 N–H and O–H groups in total. The molecule has 0 amide bonds. The highest BCUT2D eigenvalue weighted by Gasteiger charge is 2.61. The van der Waals surface area contributed by atoms with Crippen LogP contribution in [0.4, 0.5) is 0 Å². The number of hydrogen-bond acceptors (Lipinski definition) is 3. The van der Waals surface area contributed by atoms with Crippen molar-refractivity contribution in [3.63, 3.8) is 0 Å². The van der Waals surface area contributed by atoms with Crippen molar-refractivity contribution in [2.75, 3.05) is 0 Å². The molecule has 7 aliphatic rings. The predicted molar refractivity (Wildman–Crippen MR) is 129 cm³/mol. The minimum atomic E-state index is 0.0903. The summed E-state index contributed by atoms with van der Waals surface area (Å²) in [7, 11) is 0. The average molecular weight is 455 g/mol. The van der Waals surface area contributed by atoms with Gasteiger partial charge in [-0.05, 0) is 130 Å². The van der Waals surface area contributed by atoms with Gasteiger partial charge in [-0.2, -0.15) is 0 Å². The Morgan fingerprint density at radius 1 is 0.848 bits per heavy atom. The first kappa shape index (κ1) is 22.6. The van der Waals surface area contributed by atoms with E-state index in [1.54, 1.807) is 0 Å². The molecular weight excluding hydrogens is 408 g/mol. The minimum Gasteiger partial charge on any atom is -0.462 e. The smallest absolute Gasteiger partial charge is 0.306 e. The number of carbonyl (C=O) groups is 2. The number of esters is 1. The molecule has 0 aromatic rings. The third-order valence-corrected chi connectivity index (χ3v) is 12.8. The maximum absolute atomic E-state index is 13.0. The second-order valence-electron chi connectivity index (χ2n) is 14.0. The van der Waals surface area contributed by atoms with Gasteiger partial charge in [0.05, 0.1) is 0 Å². The number of Topliss-reactive ketones (excluding diaryl/α,β-unsaturated/α-hetero) is 1. The lowest BCUT2D eigenvalue weighted by atomic mass is 9.45. The Hall–Kier alpha value is -0.860. The van der Waals surface area contributed by atoms with Crippen molar-refractivity contribution in [2.24, 2.45) is 45.8 Å². The van der Waals surface area contributed by atoms with Crippen LogP contribution in [0.25, 0.3) is 0 Å². The van der Waals surface area contributed by atoms with Crippen LogP contribution in [0, 0.1) is 45.8 Å². The molecule has 7 saturated carbocycles. The second kappa shape index (κ2) is 8.09. The normalized spacial score (nSPS) is 50.9. The molecule has 3 heteroatoms. The lowest BCUT2D eigenvalue weighted by Gasteiger charge is -2.60. The van der Waals surface area contributed by atoms with Crippen molar-refractivity contribution in [2.45, 2.75) is 129 Å². The van der Waals surface area contributed by atoms with Crippen LogP contribution in [-0.2, 0) is 14.3 Å². The van der Waals surface area contributed by atoms with Crippen molar-refractivity contribution < 1.29 is 14.3 Å². The number of ketones is 1. The zero-order valence-electron chi connectivity index (χ0n) is 21.2. The molecule has 33 heavy (non-hydrogen) atoms. The summed E-state index contributed by atoms with van der Waals surface area (Å²) in [4.78, 5) is 25.2. The van der Waals surface area contributed by atoms with Gasteiger partial charge in [0.2, 0.25) is 0 Å². The van der Waals surface area contributed by atoms with Crippen molar-refractivity contribution in [3.8, 4) is 0 Å². The van der Waals surface area contributed by atoms with E-state index < -0.39 is 0 Å². The maximum atomic E-state index is 13.0. The van der Waals surface area contributed by atoms with E-state index in [1.807, 2.05) is 0 Å². The molecule has 0 heterocycles. The Labute approximate surface area is 201 Å². The molecule has 7 rings (SSSR count). The van der Waals surface area contributed by atoms with Gasteiger partial charge in [0.15, 0.2) is 0 Å². The van der Waals surface area contributed by atoms with Crippen LogP contribution < -0.4 is 0 Å². The molecule has 3 nitrogen and oxygen atoms in total. The number of fused-ring (bicyclic) bond motifs is 8. The molecular formula is C30H46O3. The number of ether oxygens (including phenoxy) is 1. The topological polar surface area (TPSA) is 43.4 Å². The fourth-order valence-corrected chi connectivity index (χ4v) is 10.5. The lowest BCUT2D eigenvalue weighted by Crippen LogP contribution is -2.54. The minimum absolute atomic E-state index is 0.0903. The highest BCUT2D eigenvalue weighted by molar-refractivity contribution is 5.79. The molecule has 1 unspecified atom stereocenters. The van der Waals surface area contributed by atoms with Gasteiger partial charge in [-0.1, -0.05) is 13.8 Å². The van der Waals surface area contributed by atoms with Crippen LogP contribution in [0.2, 0.25) is 0 Å². The summed E-state index contributed by atoms with van der Waals surface area (Å²) in [6.45, 7) is 4.98. The van der Waals surface area contributed by atoms with E-state index in [4.69, 9.17) is 4.74 Å². The summed E-state index contributed by atoms with van der Waals surface area (Å²) in [6, 6.07) is 0. The van der Waals surface area contributed by atoms with Crippen molar-refractivity contribution in [1.82, 2.24) is 0 Å². The molecule has 0 radical (unpaired) electrons. The number of rotatable bonds is 4. The standard InChI is InChI=1S/C30H46O3/c1-28-13-10-22(31)19-21(28)3-4-23-24-5-6-26(29(24,2)14-11-25(23)28)33-27(32)12-18-30-15-7-20(8-16-30)9-17-30/h20-21,23-26H,3-19H2,1-2H3/t20?,21?,23-,24-,25-,26-,28-,29-,30?/m0/s1. The first-order valence-corrected chi connectivity index (χ1v) is 14.5. The number of hydrogen-bond donors (Lipinski definition) is 0. The summed E-state index contributed by atoms with van der Waals surface area (Å²) in [6.07, 6.45) is 20.2. The van der Waals surface area contributed by atoms with Crippen LogP contribution in [0.15, 0.2) is 0 Å². The molecule has 7 aliphatic carbocycles. The van der Waals surface area contributed by atoms with E-state index >= 15 is 0 Å². The molecule has 0 aromatic heterocycles. The predicted octanol–water partition coefficient (Wildman–Crippen LogP) is 7.26. The monoisotopic (exact) mass is 454 g/mol. The third kappa shape index (κ3) is 3.65. The first-order valence-electron chi connectivity index (χ1n) is 14.5. The Morgan fingerprint density at radius 2 is 1.58 bits per heavy atom. The van der Waals surface area contributed by atoms with Gasteiger partial charge in [-0.15, -0.1) is 0 Å². The van der Waals surface area contributed by atoms with Gasteiger partial charge in [0.25, 0.3) is 0 Å². The highest BCUT2D eigenvalue weighted by atomic mass is 16.5. The number of carbonyl (C=O) groups excluding carboxylic acids is 2. The lowest BCUT2D eigenvalue weighted by molar-refractivity contribution is -0.165. The van der Waals surface area contributed by atoms with Crippen LogP contribution >= 0.6 is 0 Å². The Morgan fingerprint density at radius 3 is 2.33 bits per heavy atom. The molecule has 0 aliphatic heterocycles. The first-order chi connectivity index (χ1) is 15.8. The van der Waals surface area contributed by atoms with Crippen LogP contribution in [0.1, 0.15) is 123 Å². The largest absolute Gasteiger partial charge is 0.462 e. The van der Waals surface area contributed by atoms with Gasteiger partial charge < -0.3 is 4.74 Å². The van der Waals surface area contributed by atoms with Gasteiger partial charge in [-0.3, -0.25) is 9.59 Å². The quantitative estimate of drug-likeness (QED) is 0.420. The summed E-state index contributed by atoms with van der Waals surface area (Å²) >= 11 is 0. The van der Waals surface area contributed by atoms with E-state index in [1.165, 1.54) is 70.6 Å². The van der Waals surface area contributed by atoms with Crippen LogP contribution in [0.5, 0.6) is 0 Å². The Bertz CT molecular complexity index is 781. The molecule has 0 spiro atoms. The molecule has 0 saturated heterocycles. The maximum Gasteiger partial charge on any atom is 0.306 e. The van der Waals surface area contributed by atoms with Gasteiger partial charge in [0.1, 0.15) is 11.9 Å². The summed E-state index contributed by atoms with van der Waals surface area (Å²) in [5, 5.41) is 0. The fourth-order valence-electron chi connectivity index (χ4n) is 10.5. The van der Waals surface area contributed by atoms with Crippen molar-refractivity contribution in [3.05, 3.63) is 0 Å². The van der Waals surface area contributed by atoms with E-state index in [9.17, 15) is 9.59 Å². The second-order valence-corrected chi connectivity index (χ2v) is 14.0. The average Bonchev–Trinajstić information content (AvgIpc) is 3.15. The molecule has 7 fully saturated rings. The summed E-state index contributed by atoms with van der Waals surface area (Å²) < 4.78 is 6.32. The molecule has 2 bridgehead atoms. The fraction of sp³-hybridized carbons (Fsp3) is 0.933. The Balaban J connectivity index is 1.09. The summed E-state index contributed by atoms with van der Waals surface area (Å²) in [5.41, 5.74) is 1.00. The zero-order valence-corrected chi connectivity index (χ0v) is 21.2. The van der Waals surface area contributed by atoms with E-state index in [-0.39, 0.29) is 17.5 Å². The highest BCUT2D eigenvalue weighted by Crippen LogP contribution is 2.66. The SMILES string of the molecule is C[C@]12CC[C@H]3[C@@H](CCC4CC(=O)CC[C@@]43C)[C@@H]1CC[C@@H]2OC(=O)CCC12CCC(CC1)CC2.